The number of benzene rings is 1. The van der Waals surface area contributed by atoms with Crippen LogP contribution in [-0.4, -0.2) is 35.4 Å². The molecule has 0 aliphatic heterocycles. The Hall–Kier alpha value is -2.41. The molecule has 0 radical (unpaired) electrons. The molecular formula is C18H25N3O4. The zero-order valence-electron chi connectivity index (χ0n) is 15.1. The highest BCUT2D eigenvalue weighted by Gasteiger charge is 2.35. The summed E-state index contributed by atoms with van der Waals surface area (Å²) < 4.78 is 15.8. The molecule has 0 bridgehead atoms. The molecule has 0 saturated heterocycles. The number of methoxy groups -OCH3 is 1. The zero-order chi connectivity index (χ0) is 18.3. The first-order valence-corrected chi connectivity index (χ1v) is 8.25. The quantitative estimate of drug-likeness (QED) is 0.697. The first-order valence-electron chi connectivity index (χ1n) is 8.25. The van der Waals surface area contributed by atoms with Gasteiger partial charge in [0.25, 0.3) is 0 Å². The maximum absolute atomic E-state index is 12.2. The number of hydrogen-bond donors (Lipinski definition) is 1. The Kier molecular flexibility index (Phi) is 6.52. The van der Waals surface area contributed by atoms with Gasteiger partial charge >= 0.3 is 5.97 Å². The molecular weight excluding hydrogens is 322 g/mol. The van der Waals surface area contributed by atoms with Crippen LogP contribution in [0, 0.1) is 5.92 Å². The van der Waals surface area contributed by atoms with E-state index in [0.717, 1.165) is 6.42 Å². The van der Waals surface area contributed by atoms with Crippen LogP contribution in [0.15, 0.2) is 34.9 Å². The van der Waals surface area contributed by atoms with Gasteiger partial charge in [0.2, 0.25) is 5.89 Å². The van der Waals surface area contributed by atoms with Gasteiger partial charge in [0, 0.05) is 6.42 Å². The Bertz CT molecular complexity index is 672. The van der Waals surface area contributed by atoms with E-state index in [1.54, 1.807) is 6.92 Å². The summed E-state index contributed by atoms with van der Waals surface area (Å²) >= 11 is 0. The number of hydrogen-bond acceptors (Lipinski definition) is 7. The second-order valence-electron chi connectivity index (χ2n) is 6.48. The summed E-state index contributed by atoms with van der Waals surface area (Å²) in [5.74, 6) is 1.78. The third-order valence-electron chi connectivity index (χ3n) is 3.64. The van der Waals surface area contributed by atoms with Crippen molar-refractivity contribution in [2.45, 2.75) is 39.3 Å². The molecule has 0 amide bonds. The number of rotatable bonds is 9. The van der Waals surface area contributed by atoms with E-state index in [1.807, 2.05) is 30.3 Å². The fraction of sp³-hybridized carbons (Fsp3) is 0.500. The number of carbonyl (C=O) groups is 1. The molecule has 1 heterocycles. The summed E-state index contributed by atoms with van der Waals surface area (Å²) in [6, 6.07) is 9.29. The maximum Gasteiger partial charge on any atom is 0.329 e. The SMILES string of the molecule is COC(=O)[C@@](C)(COc1ccccc1)NCc1nc(CC(C)C)no1. The fourth-order valence-electron chi connectivity index (χ4n) is 2.23. The summed E-state index contributed by atoms with van der Waals surface area (Å²) in [6.07, 6.45) is 0.745. The largest absolute Gasteiger partial charge is 0.491 e. The highest BCUT2D eigenvalue weighted by atomic mass is 16.5. The third kappa shape index (κ3) is 5.56. The molecule has 1 N–H and O–H groups in total. The van der Waals surface area contributed by atoms with Gasteiger partial charge in [-0.05, 0) is 25.0 Å². The number of para-hydroxylation sites is 1. The minimum Gasteiger partial charge on any atom is -0.491 e. The van der Waals surface area contributed by atoms with E-state index in [-0.39, 0.29) is 13.2 Å². The second-order valence-corrected chi connectivity index (χ2v) is 6.48. The standard InChI is InChI=1S/C18H25N3O4/c1-13(2)10-15-20-16(25-21-15)11-19-18(3,17(22)23-4)12-24-14-8-6-5-7-9-14/h5-9,13,19H,10-12H2,1-4H3/t18-/m1/s1. The molecule has 0 aliphatic rings. The molecule has 0 saturated carbocycles. The summed E-state index contributed by atoms with van der Waals surface area (Å²) in [5.41, 5.74) is -1.04. The van der Waals surface area contributed by atoms with Crippen molar-refractivity contribution in [3.8, 4) is 5.75 Å². The van der Waals surface area contributed by atoms with Crippen molar-refractivity contribution in [2.24, 2.45) is 5.92 Å². The minimum atomic E-state index is -1.04. The van der Waals surface area contributed by atoms with E-state index in [2.05, 4.69) is 29.3 Å². The molecule has 7 heteroatoms. The topological polar surface area (TPSA) is 86.5 Å². The first-order chi connectivity index (χ1) is 11.9. The molecule has 1 aromatic carbocycles. The molecule has 1 atom stereocenters. The van der Waals surface area contributed by atoms with Crippen molar-refractivity contribution in [2.75, 3.05) is 13.7 Å². The van der Waals surface area contributed by atoms with Crippen LogP contribution in [-0.2, 0) is 22.5 Å². The van der Waals surface area contributed by atoms with Gasteiger partial charge < -0.3 is 14.0 Å². The minimum absolute atomic E-state index is 0.108. The average molecular weight is 347 g/mol. The Morgan fingerprint density at radius 1 is 1.32 bits per heavy atom. The second kappa shape index (κ2) is 8.62. The Labute approximate surface area is 147 Å². The van der Waals surface area contributed by atoms with E-state index in [9.17, 15) is 4.79 Å². The number of ether oxygens (including phenoxy) is 2. The van der Waals surface area contributed by atoms with Crippen molar-refractivity contribution in [3.05, 3.63) is 42.0 Å². The number of nitrogens with zero attached hydrogens (tertiary/aromatic N) is 2. The lowest BCUT2D eigenvalue weighted by Gasteiger charge is -2.27. The van der Waals surface area contributed by atoms with Gasteiger partial charge in [-0.2, -0.15) is 4.98 Å². The monoisotopic (exact) mass is 347 g/mol. The average Bonchev–Trinajstić information content (AvgIpc) is 3.05. The van der Waals surface area contributed by atoms with Gasteiger partial charge in [-0.1, -0.05) is 37.2 Å². The van der Waals surface area contributed by atoms with Gasteiger partial charge in [-0.25, -0.2) is 4.79 Å². The van der Waals surface area contributed by atoms with Crippen molar-refractivity contribution >= 4 is 5.97 Å². The predicted molar refractivity (Wildman–Crippen MR) is 92.0 cm³/mol. The van der Waals surface area contributed by atoms with E-state index < -0.39 is 11.5 Å². The number of carbonyl (C=O) groups excluding carboxylic acids is 1. The van der Waals surface area contributed by atoms with Crippen molar-refractivity contribution in [1.29, 1.82) is 0 Å². The predicted octanol–water partition coefficient (Wildman–Crippen LogP) is 2.37. The van der Waals surface area contributed by atoms with E-state index >= 15 is 0 Å². The van der Waals surface area contributed by atoms with Crippen LogP contribution in [0.1, 0.15) is 32.5 Å². The van der Waals surface area contributed by atoms with Crippen LogP contribution in [0.25, 0.3) is 0 Å². The first kappa shape index (κ1) is 18.9. The van der Waals surface area contributed by atoms with E-state index in [0.29, 0.717) is 23.4 Å². The molecule has 2 aromatic rings. The molecule has 0 unspecified atom stereocenters. The van der Waals surface area contributed by atoms with Crippen LogP contribution in [0.4, 0.5) is 0 Å². The Morgan fingerprint density at radius 2 is 2.04 bits per heavy atom. The Balaban J connectivity index is 1.99. The van der Waals surface area contributed by atoms with Crippen LogP contribution in [0.3, 0.4) is 0 Å². The molecule has 25 heavy (non-hydrogen) atoms. The van der Waals surface area contributed by atoms with Crippen LogP contribution >= 0.6 is 0 Å². The van der Waals surface area contributed by atoms with E-state index in [1.165, 1.54) is 7.11 Å². The normalized spacial score (nSPS) is 13.5. The Morgan fingerprint density at radius 3 is 2.68 bits per heavy atom. The van der Waals surface area contributed by atoms with Crippen molar-refractivity contribution in [3.63, 3.8) is 0 Å². The molecule has 0 fully saturated rings. The van der Waals surface area contributed by atoms with Crippen LogP contribution in [0.5, 0.6) is 5.75 Å². The molecule has 1 aromatic heterocycles. The lowest BCUT2D eigenvalue weighted by Crippen LogP contribution is -2.54. The number of aromatic nitrogens is 2. The molecule has 7 nitrogen and oxygen atoms in total. The summed E-state index contributed by atoms with van der Waals surface area (Å²) in [7, 11) is 1.35. The molecule has 136 valence electrons. The third-order valence-corrected chi connectivity index (χ3v) is 3.64. The van der Waals surface area contributed by atoms with Gasteiger partial charge in [-0.15, -0.1) is 0 Å². The molecule has 0 spiro atoms. The van der Waals surface area contributed by atoms with Crippen LogP contribution < -0.4 is 10.1 Å². The van der Waals surface area contributed by atoms with Crippen molar-refractivity contribution < 1.29 is 18.8 Å². The summed E-state index contributed by atoms with van der Waals surface area (Å²) in [4.78, 5) is 16.5. The van der Waals surface area contributed by atoms with Gasteiger partial charge in [-0.3, -0.25) is 5.32 Å². The summed E-state index contributed by atoms with van der Waals surface area (Å²) in [6.45, 7) is 6.24. The fourth-order valence-corrected chi connectivity index (χ4v) is 2.23. The smallest absolute Gasteiger partial charge is 0.329 e. The van der Waals surface area contributed by atoms with E-state index in [4.69, 9.17) is 14.0 Å². The van der Waals surface area contributed by atoms with Gasteiger partial charge in [0.1, 0.15) is 17.9 Å². The maximum atomic E-state index is 12.2. The summed E-state index contributed by atoms with van der Waals surface area (Å²) in [5, 5.41) is 7.05. The van der Waals surface area contributed by atoms with Crippen LogP contribution in [0.2, 0.25) is 0 Å². The lowest BCUT2D eigenvalue weighted by atomic mass is 10.0. The number of nitrogens with one attached hydrogen (secondary N) is 1. The highest BCUT2D eigenvalue weighted by Crippen LogP contribution is 2.14. The molecule has 0 aliphatic carbocycles. The highest BCUT2D eigenvalue weighted by molar-refractivity contribution is 5.80. The molecule has 2 rings (SSSR count). The van der Waals surface area contributed by atoms with Gasteiger partial charge in [0.15, 0.2) is 5.82 Å². The van der Waals surface area contributed by atoms with Gasteiger partial charge in [0.05, 0.1) is 13.7 Å². The number of esters is 1. The van der Waals surface area contributed by atoms with Crippen molar-refractivity contribution in [1.82, 2.24) is 15.5 Å². The lowest BCUT2D eigenvalue weighted by molar-refractivity contribution is -0.149. The zero-order valence-corrected chi connectivity index (χ0v) is 15.1.